The number of aryl methyl sites for hydroxylation is 1. The third-order valence-corrected chi connectivity index (χ3v) is 3.83. The highest BCUT2D eigenvalue weighted by atomic mass is 35.5. The first-order chi connectivity index (χ1) is 7.33. The van der Waals surface area contributed by atoms with E-state index in [4.69, 9.17) is 11.6 Å². The van der Waals surface area contributed by atoms with Crippen LogP contribution in [-0.4, -0.2) is 12.1 Å². The first-order valence-electron chi connectivity index (χ1n) is 5.85. The van der Waals surface area contributed by atoms with Gasteiger partial charge in [-0.15, -0.1) is 0 Å². The van der Waals surface area contributed by atoms with Crippen molar-refractivity contribution in [3.63, 3.8) is 0 Å². The summed E-state index contributed by atoms with van der Waals surface area (Å²) in [5.41, 5.74) is 2.83. The summed E-state index contributed by atoms with van der Waals surface area (Å²) in [6.07, 6.45) is 6.30. The Bertz CT molecular complexity index is 371. The van der Waals surface area contributed by atoms with Gasteiger partial charge in [0.2, 0.25) is 0 Å². The molecule has 0 radical (unpaired) electrons. The lowest BCUT2D eigenvalue weighted by Crippen LogP contribution is -2.36. The van der Waals surface area contributed by atoms with E-state index in [0.717, 1.165) is 17.5 Å². The maximum absolute atomic E-state index is 6.23. The van der Waals surface area contributed by atoms with E-state index in [-0.39, 0.29) is 0 Å². The number of halogens is 1. The van der Waals surface area contributed by atoms with Gasteiger partial charge in [-0.2, -0.15) is 0 Å². The summed E-state index contributed by atoms with van der Waals surface area (Å²) in [6.45, 7) is 0. The molecule has 0 bridgehead atoms. The highest BCUT2D eigenvalue weighted by Gasteiger charge is 2.27. The number of nitrogens with one attached hydrogen (secondary N) is 1. The second-order valence-electron chi connectivity index (χ2n) is 4.76. The fourth-order valence-electron chi connectivity index (χ4n) is 2.47. The molecule has 0 saturated heterocycles. The minimum atomic E-state index is 0.657. The third-order valence-electron chi connectivity index (χ3n) is 3.48. The van der Waals surface area contributed by atoms with Gasteiger partial charge in [-0.25, -0.2) is 0 Å². The minimum absolute atomic E-state index is 0.657. The molecule has 1 N–H and O–H groups in total. The summed E-state index contributed by atoms with van der Waals surface area (Å²) in [7, 11) is 0. The normalized spacial score (nSPS) is 25.0. The predicted octanol–water partition coefficient (Wildman–Crippen LogP) is 2.95. The summed E-state index contributed by atoms with van der Waals surface area (Å²) >= 11 is 6.23. The van der Waals surface area contributed by atoms with E-state index in [1.165, 1.54) is 36.8 Å². The molecule has 15 heavy (non-hydrogen) atoms. The van der Waals surface area contributed by atoms with Gasteiger partial charge in [0.05, 0.1) is 0 Å². The van der Waals surface area contributed by atoms with Crippen LogP contribution in [0, 0.1) is 0 Å². The number of benzene rings is 1. The van der Waals surface area contributed by atoms with E-state index in [9.17, 15) is 0 Å². The molecule has 1 saturated carbocycles. The fraction of sp³-hybridized carbons (Fsp3) is 0.538. The van der Waals surface area contributed by atoms with E-state index in [1.807, 2.05) is 6.07 Å². The third kappa shape index (κ3) is 2.04. The van der Waals surface area contributed by atoms with Crippen molar-refractivity contribution >= 4 is 11.6 Å². The number of hydrogen-bond acceptors (Lipinski definition) is 1. The molecule has 1 aromatic carbocycles. The number of hydrogen-bond donors (Lipinski definition) is 1. The van der Waals surface area contributed by atoms with Crippen molar-refractivity contribution in [3.05, 3.63) is 34.3 Å². The van der Waals surface area contributed by atoms with E-state index in [0.29, 0.717) is 6.04 Å². The van der Waals surface area contributed by atoms with Gasteiger partial charge in [-0.05, 0) is 49.3 Å². The lowest BCUT2D eigenvalue weighted by molar-refractivity contribution is 0.456. The smallest absolute Gasteiger partial charge is 0.0441 e. The Morgan fingerprint density at radius 2 is 2.00 bits per heavy atom. The van der Waals surface area contributed by atoms with Crippen molar-refractivity contribution in [1.29, 1.82) is 0 Å². The Morgan fingerprint density at radius 1 is 1.13 bits per heavy atom. The largest absolute Gasteiger partial charge is 0.311 e. The molecule has 1 fully saturated rings. The van der Waals surface area contributed by atoms with Crippen molar-refractivity contribution in [2.24, 2.45) is 0 Å². The lowest BCUT2D eigenvalue weighted by atomic mass is 9.88. The van der Waals surface area contributed by atoms with E-state index < -0.39 is 0 Å². The molecule has 1 unspecified atom stereocenters. The fourth-order valence-corrected chi connectivity index (χ4v) is 2.74. The van der Waals surface area contributed by atoms with Gasteiger partial charge in [-0.1, -0.05) is 23.7 Å². The van der Waals surface area contributed by atoms with Crippen molar-refractivity contribution in [2.75, 3.05) is 0 Å². The van der Waals surface area contributed by atoms with Crippen LogP contribution in [-0.2, 0) is 12.8 Å². The Hall–Kier alpha value is -0.530. The summed E-state index contributed by atoms with van der Waals surface area (Å²) in [4.78, 5) is 0. The summed E-state index contributed by atoms with van der Waals surface area (Å²) in [5, 5.41) is 4.66. The first kappa shape index (κ1) is 9.68. The average Bonchev–Trinajstić information content (AvgIpc) is 3.03. The average molecular weight is 222 g/mol. The molecule has 1 nitrogen and oxygen atoms in total. The van der Waals surface area contributed by atoms with Gasteiger partial charge in [0.1, 0.15) is 0 Å². The quantitative estimate of drug-likeness (QED) is 0.810. The van der Waals surface area contributed by atoms with Crippen LogP contribution in [0.15, 0.2) is 18.2 Å². The minimum Gasteiger partial charge on any atom is -0.311 e. The molecule has 1 aromatic rings. The molecule has 0 amide bonds. The zero-order chi connectivity index (χ0) is 10.3. The van der Waals surface area contributed by atoms with Crippen LogP contribution in [0.25, 0.3) is 0 Å². The Morgan fingerprint density at radius 3 is 2.80 bits per heavy atom. The van der Waals surface area contributed by atoms with Crippen LogP contribution in [0.2, 0.25) is 5.02 Å². The van der Waals surface area contributed by atoms with Crippen LogP contribution in [0.4, 0.5) is 0 Å². The first-order valence-corrected chi connectivity index (χ1v) is 6.23. The van der Waals surface area contributed by atoms with Crippen LogP contribution in [0.5, 0.6) is 0 Å². The molecule has 80 valence electrons. The Labute approximate surface area is 95.8 Å². The van der Waals surface area contributed by atoms with Gasteiger partial charge in [-0.3, -0.25) is 0 Å². The molecular formula is C13H16ClN. The van der Waals surface area contributed by atoms with Crippen LogP contribution < -0.4 is 5.32 Å². The molecule has 3 rings (SSSR count). The van der Waals surface area contributed by atoms with Crippen LogP contribution >= 0.6 is 11.6 Å². The van der Waals surface area contributed by atoms with Crippen LogP contribution in [0.1, 0.15) is 30.4 Å². The van der Waals surface area contributed by atoms with Crippen molar-refractivity contribution in [1.82, 2.24) is 5.32 Å². The maximum Gasteiger partial charge on any atom is 0.0441 e. The SMILES string of the molecule is Clc1cccc2c1CC(NC1CC1)CC2. The maximum atomic E-state index is 6.23. The Kier molecular flexibility index (Phi) is 2.45. The molecule has 0 aliphatic heterocycles. The number of fused-ring (bicyclic) bond motifs is 1. The highest BCUT2D eigenvalue weighted by molar-refractivity contribution is 6.31. The second kappa shape index (κ2) is 3.80. The molecule has 1 atom stereocenters. The monoisotopic (exact) mass is 221 g/mol. The molecular weight excluding hydrogens is 206 g/mol. The van der Waals surface area contributed by atoms with Crippen molar-refractivity contribution < 1.29 is 0 Å². The summed E-state index contributed by atoms with van der Waals surface area (Å²) in [6, 6.07) is 7.76. The predicted molar refractivity (Wildman–Crippen MR) is 63.4 cm³/mol. The van der Waals surface area contributed by atoms with E-state index >= 15 is 0 Å². The van der Waals surface area contributed by atoms with Gasteiger partial charge in [0.25, 0.3) is 0 Å². The zero-order valence-electron chi connectivity index (χ0n) is 8.80. The zero-order valence-corrected chi connectivity index (χ0v) is 9.56. The second-order valence-corrected chi connectivity index (χ2v) is 5.17. The van der Waals surface area contributed by atoms with Crippen molar-refractivity contribution in [3.8, 4) is 0 Å². The van der Waals surface area contributed by atoms with Gasteiger partial charge in [0.15, 0.2) is 0 Å². The molecule has 0 spiro atoms. The van der Waals surface area contributed by atoms with Gasteiger partial charge >= 0.3 is 0 Å². The topological polar surface area (TPSA) is 12.0 Å². The summed E-state index contributed by atoms with van der Waals surface area (Å²) < 4.78 is 0. The number of rotatable bonds is 2. The van der Waals surface area contributed by atoms with E-state index in [2.05, 4.69) is 17.4 Å². The van der Waals surface area contributed by atoms with Gasteiger partial charge in [0, 0.05) is 17.1 Å². The molecule has 0 heterocycles. The van der Waals surface area contributed by atoms with Crippen LogP contribution in [0.3, 0.4) is 0 Å². The molecule has 0 aromatic heterocycles. The van der Waals surface area contributed by atoms with Gasteiger partial charge < -0.3 is 5.32 Å². The lowest BCUT2D eigenvalue weighted by Gasteiger charge is -2.26. The highest BCUT2D eigenvalue weighted by Crippen LogP contribution is 2.29. The molecule has 2 aliphatic carbocycles. The van der Waals surface area contributed by atoms with E-state index in [1.54, 1.807) is 0 Å². The summed E-state index contributed by atoms with van der Waals surface area (Å²) in [5.74, 6) is 0. The molecule has 2 aliphatic rings. The van der Waals surface area contributed by atoms with Crippen molar-refractivity contribution in [2.45, 2.75) is 44.2 Å². The molecule has 2 heteroatoms. The Balaban J connectivity index is 1.78. The standard InChI is InChI=1S/C13H16ClN/c14-13-3-1-2-9-4-5-11(8-12(9)13)15-10-6-7-10/h1-3,10-11,15H,4-8H2.